The molecule has 0 saturated carbocycles. The van der Waals surface area contributed by atoms with E-state index in [1.807, 2.05) is 0 Å². The number of carbonyl (C=O) groups is 1. The van der Waals surface area contributed by atoms with Crippen molar-refractivity contribution in [2.45, 2.75) is 24.2 Å². The van der Waals surface area contributed by atoms with E-state index in [9.17, 15) is 20.1 Å². The fraction of sp³-hybridized carbons (Fsp3) is 0.667. The van der Waals surface area contributed by atoms with Gasteiger partial charge in [-0.25, -0.2) is 0 Å². The largest absolute Gasteiger partial charge is 0.394 e. The van der Waals surface area contributed by atoms with Crippen LogP contribution in [0.4, 0.5) is 0 Å². The molecule has 0 radical (unpaired) electrons. The van der Waals surface area contributed by atoms with Crippen LogP contribution in [0.1, 0.15) is 0 Å². The van der Waals surface area contributed by atoms with Crippen molar-refractivity contribution in [3.05, 3.63) is 9.78 Å². The number of aliphatic hydroxyl groups is 4. The smallest absolute Gasteiger partial charge is 0.280 e. The van der Waals surface area contributed by atoms with Gasteiger partial charge in [-0.1, -0.05) is 0 Å². The molecule has 1 amide bonds. The Morgan fingerprint density at radius 1 is 1.61 bits per heavy atom. The average molecular weight is 372 g/mol. The number of nitrogens with one attached hydrogen (secondary N) is 1. The summed E-state index contributed by atoms with van der Waals surface area (Å²) < 4.78 is 5.37. The van der Waals surface area contributed by atoms with Crippen molar-refractivity contribution < 1.29 is 30.0 Å². The van der Waals surface area contributed by atoms with E-state index < -0.39 is 30.8 Å². The summed E-state index contributed by atoms with van der Waals surface area (Å²) in [4.78, 5) is 12.4. The van der Waals surface area contributed by atoms with Gasteiger partial charge in [0.15, 0.2) is 6.10 Å². The van der Waals surface area contributed by atoms with Gasteiger partial charge >= 0.3 is 0 Å². The molecule has 5 N–H and O–H groups in total. The highest BCUT2D eigenvalue weighted by atomic mass is 127. The quantitative estimate of drug-likeness (QED) is 0.337. The van der Waals surface area contributed by atoms with Gasteiger partial charge in [0.25, 0.3) is 11.8 Å². The van der Waals surface area contributed by atoms with E-state index in [0.29, 0.717) is 3.58 Å². The van der Waals surface area contributed by atoms with Crippen molar-refractivity contribution in [2.24, 2.45) is 0 Å². The van der Waals surface area contributed by atoms with Crippen LogP contribution in [0.15, 0.2) is 9.78 Å². The molecule has 0 aromatic heterocycles. The summed E-state index contributed by atoms with van der Waals surface area (Å²) in [5.74, 6) is -2.49. The number of halogens is 1. The standard InChI is InChI=1S/C9H13IN2O6/c10-4-1-12(3-11-8(4)16)9(17)7(15)6(14)5(2-13)18-9/h1,5-7,13-15,17H,2-3H2,(H,11,16)/t5-,6-,7+,9-/m1/s1. The molecule has 0 bridgehead atoms. The number of aliphatic hydroxyl groups excluding tert-OH is 3. The number of ether oxygens (including phenoxy) is 1. The lowest BCUT2D eigenvalue weighted by Gasteiger charge is -2.38. The van der Waals surface area contributed by atoms with Gasteiger partial charge in [0, 0.05) is 6.20 Å². The van der Waals surface area contributed by atoms with E-state index in [0.717, 1.165) is 4.90 Å². The summed E-state index contributed by atoms with van der Waals surface area (Å²) in [5, 5.41) is 41.1. The monoisotopic (exact) mass is 372 g/mol. The summed E-state index contributed by atoms with van der Waals surface area (Å²) in [6.07, 6.45) is -2.81. The fourth-order valence-corrected chi connectivity index (χ4v) is 2.39. The van der Waals surface area contributed by atoms with Gasteiger partial charge in [0.2, 0.25) is 0 Å². The molecule has 2 rings (SSSR count). The first-order valence-corrected chi connectivity index (χ1v) is 6.27. The molecule has 1 saturated heterocycles. The summed E-state index contributed by atoms with van der Waals surface area (Å²) in [7, 11) is 0. The Morgan fingerprint density at radius 3 is 2.78 bits per heavy atom. The van der Waals surface area contributed by atoms with Crippen LogP contribution in [0.25, 0.3) is 0 Å². The summed E-state index contributed by atoms with van der Waals surface area (Å²) in [6, 6.07) is 0. The molecule has 4 atom stereocenters. The average Bonchev–Trinajstić information content (AvgIpc) is 2.58. The highest BCUT2D eigenvalue weighted by molar-refractivity contribution is 14.1. The molecule has 9 heteroatoms. The Morgan fingerprint density at radius 2 is 2.28 bits per heavy atom. The third kappa shape index (κ3) is 2.10. The highest BCUT2D eigenvalue weighted by Crippen LogP contribution is 2.33. The van der Waals surface area contributed by atoms with E-state index in [2.05, 4.69) is 5.32 Å². The van der Waals surface area contributed by atoms with E-state index in [-0.39, 0.29) is 12.6 Å². The second-order valence-corrected chi connectivity index (χ2v) is 5.21. The number of amides is 1. The minimum atomic E-state index is -2.18. The van der Waals surface area contributed by atoms with Crippen LogP contribution in [-0.4, -0.2) is 68.7 Å². The van der Waals surface area contributed by atoms with Crippen molar-refractivity contribution >= 4 is 28.5 Å². The van der Waals surface area contributed by atoms with Crippen molar-refractivity contribution in [3.8, 4) is 0 Å². The molecular weight excluding hydrogens is 359 g/mol. The van der Waals surface area contributed by atoms with Gasteiger partial charge in [0.1, 0.15) is 12.2 Å². The predicted molar refractivity (Wildman–Crippen MR) is 65.9 cm³/mol. The topological polar surface area (TPSA) is 122 Å². The number of nitrogens with zero attached hydrogens (tertiary/aromatic N) is 1. The summed E-state index contributed by atoms with van der Waals surface area (Å²) in [6.45, 7) is -0.620. The molecule has 2 aliphatic rings. The molecule has 0 aromatic carbocycles. The molecule has 0 aliphatic carbocycles. The minimum absolute atomic E-state index is 0.0796. The summed E-state index contributed by atoms with van der Waals surface area (Å²) in [5.41, 5.74) is 0. The first-order valence-electron chi connectivity index (χ1n) is 5.19. The fourth-order valence-electron chi connectivity index (χ4n) is 1.86. The van der Waals surface area contributed by atoms with E-state index in [1.54, 1.807) is 22.6 Å². The molecule has 0 unspecified atom stereocenters. The maximum Gasteiger partial charge on any atom is 0.280 e. The Bertz CT molecular complexity index is 391. The van der Waals surface area contributed by atoms with Gasteiger partial charge in [-0.2, -0.15) is 0 Å². The van der Waals surface area contributed by atoms with Crippen molar-refractivity contribution in [2.75, 3.05) is 13.3 Å². The molecule has 2 heterocycles. The predicted octanol–water partition coefficient (Wildman–Crippen LogP) is -2.59. The second-order valence-electron chi connectivity index (χ2n) is 4.04. The van der Waals surface area contributed by atoms with E-state index in [1.165, 1.54) is 6.20 Å². The Hall–Kier alpha value is -0.460. The SMILES string of the molecule is O=C1NCN([C@]2(O)O[C@H](CO)[C@@H](O)[C@@H]2O)C=C1I. The molecule has 18 heavy (non-hydrogen) atoms. The van der Waals surface area contributed by atoms with Crippen molar-refractivity contribution in [1.29, 1.82) is 0 Å². The van der Waals surface area contributed by atoms with Crippen LogP contribution in [0.3, 0.4) is 0 Å². The number of hydrogen-bond acceptors (Lipinski definition) is 7. The van der Waals surface area contributed by atoms with Crippen LogP contribution in [0.5, 0.6) is 0 Å². The van der Waals surface area contributed by atoms with Crippen LogP contribution < -0.4 is 5.32 Å². The first kappa shape index (κ1) is 14.0. The zero-order chi connectivity index (χ0) is 13.5. The van der Waals surface area contributed by atoms with Gasteiger partial charge in [0.05, 0.1) is 16.9 Å². The number of hydrogen-bond donors (Lipinski definition) is 5. The zero-order valence-corrected chi connectivity index (χ0v) is 11.3. The highest BCUT2D eigenvalue weighted by Gasteiger charge is 2.56. The maximum atomic E-state index is 11.2. The lowest BCUT2D eigenvalue weighted by molar-refractivity contribution is -0.302. The second kappa shape index (κ2) is 4.90. The first-order chi connectivity index (χ1) is 8.40. The van der Waals surface area contributed by atoms with Gasteiger partial charge in [-0.05, 0) is 22.6 Å². The van der Waals surface area contributed by atoms with Gasteiger partial charge in [-0.3, -0.25) is 4.79 Å². The van der Waals surface area contributed by atoms with Gasteiger partial charge in [-0.15, -0.1) is 0 Å². The Kier molecular flexibility index (Phi) is 3.80. The minimum Gasteiger partial charge on any atom is -0.394 e. The van der Waals surface area contributed by atoms with Crippen LogP contribution in [0.2, 0.25) is 0 Å². The molecule has 0 spiro atoms. The third-order valence-corrected chi connectivity index (χ3v) is 3.67. The molecule has 0 aromatic rings. The van der Waals surface area contributed by atoms with E-state index >= 15 is 0 Å². The zero-order valence-electron chi connectivity index (χ0n) is 9.15. The number of carbonyl (C=O) groups excluding carboxylic acids is 1. The molecule has 8 nitrogen and oxygen atoms in total. The Balaban J connectivity index is 2.25. The number of rotatable bonds is 2. The van der Waals surface area contributed by atoms with Gasteiger partial charge < -0.3 is 35.4 Å². The van der Waals surface area contributed by atoms with Crippen molar-refractivity contribution in [1.82, 2.24) is 10.2 Å². The van der Waals surface area contributed by atoms with Crippen LogP contribution in [-0.2, 0) is 9.53 Å². The normalized spacial score (nSPS) is 40.7. The lowest BCUT2D eigenvalue weighted by atomic mass is 10.1. The molecule has 1 fully saturated rings. The molecule has 2 aliphatic heterocycles. The molecular formula is C9H13IN2O6. The van der Waals surface area contributed by atoms with E-state index in [4.69, 9.17) is 9.84 Å². The van der Waals surface area contributed by atoms with Crippen LogP contribution in [0, 0.1) is 0 Å². The lowest BCUT2D eigenvalue weighted by Crippen LogP contribution is -2.59. The maximum absolute atomic E-state index is 11.2. The van der Waals surface area contributed by atoms with Crippen molar-refractivity contribution in [3.63, 3.8) is 0 Å². The molecule has 102 valence electrons. The Labute approximate surface area is 116 Å². The third-order valence-electron chi connectivity index (χ3n) is 2.90. The summed E-state index contributed by atoms with van der Waals surface area (Å²) >= 11 is 1.77. The van der Waals surface area contributed by atoms with Crippen LogP contribution >= 0.6 is 22.6 Å².